The highest BCUT2D eigenvalue weighted by Gasteiger charge is 2.34. The van der Waals surface area contributed by atoms with Gasteiger partial charge in [0.15, 0.2) is 0 Å². The molecule has 2 N–H and O–H groups in total. The number of carbonyl (C=O) groups is 1. The quantitative estimate of drug-likeness (QED) is 0.183. The fourth-order valence-corrected chi connectivity index (χ4v) is 4.48. The van der Waals surface area contributed by atoms with Crippen LogP contribution in [0.1, 0.15) is 156 Å². The zero-order chi connectivity index (χ0) is 20.9. The lowest BCUT2D eigenvalue weighted by Crippen LogP contribution is -2.37. The summed E-state index contributed by atoms with van der Waals surface area (Å²) in [6.07, 6.45) is 26.3. The largest absolute Gasteiger partial charge is 0.369 e. The molecular formula is C26H53NO. The average molecular weight is 396 g/mol. The smallest absolute Gasteiger partial charge is 0.223 e. The molecule has 0 aromatic heterocycles. The average Bonchev–Trinajstić information content (AvgIpc) is 2.69. The summed E-state index contributed by atoms with van der Waals surface area (Å²) in [6, 6.07) is 0. The lowest BCUT2D eigenvalue weighted by molar-refractivity contribution is -0.129. The maximum Gasteiger partial charge on any atom is 0.223 e. The van der Waals surface area contributed by atoms with Crippen LogP contribution >= 0.6 is 0 Å². The topological polar surface area (TPSA) is 43.1 Å². The Labute approximate surface area is 177 Å². The Kier molecular flexibility index (Phi) is 19.4. The van der Waals surface area contributed by atoms with Crippen LogP contribution in [0.4, 0.5) is 0 Å². The van der Waals surface area contributed by atoms with Crippen molar-refractivity contribution in [3.05, 3.63) is 0 Å². The molecular weight excluding hydrogens is 342 g/mol. The van der Waals surface area contributed by atoms with Crippen LogP contribution in [-0.2, 0) is 4.79 Å². The third kappa shape index (κ3) is 14.5. The Morgan fingerprint density at radius 3 is 1.00 bits per heavy atom. The van der Waals surface area contributed by atoms with Crippen LogP contribution in [0.3, 0.4) is 0 Å². The van der Waals surface area contributed by atoms with Crippen LogP contribution in [0.5, 0.6) is 0 Å². The van der Waals surface area contributed by atoms with Crippen LogP contribution in [0.25, 0.3) is 0 Å². The van der Waals surface area contributed by atoms with Crippen molar-refractivity contribution in [2.75, 3.05) is 0 Å². The molecule has 0 aliphatic heterocycles. The van der Waals surface area contributed by atoms with Crippen molar-refractivity contribution in [3.63, 3.8) is 0 Å². The summed E-state index contributed by atoms with van der Waals surface area (Å²) in [5, 5.41) is 0. The molecule has 0 atom stereocenters. The normalized spacial score (nSPS) is 11.8. The maximum atomic E-state index is 12.5. The minimum absolute atomic E-state index is 0.0109. The standard InChI is InChI=1S/C26H53NO/c1-4-7-10-13-16-19-22-26(25(27)28,23-20-17-14-11-8-5-2)24-21-18-15-12-9-6-3/h4-24H2,1-3H3,(H2,27,28). The van der Waals surface area contributed by atoms with E-state index in [2.05, 4.69) is 20.8 Å². The van der Waals surface area contributed by atoms with E-state index < -0.39 is 0 Å². The number of hydrogen-bond acceptors (Lipinski definition) is 1. The van der Waals surface area contributed by atoms with Gasteiger partial charge in [-0.15, -0.1) is 0 Å². The fourth-order valence-electron chi connectivity index (χ4n) is 4.48. The molecule has 0 aliphatic carbocycles. The van der Waals surface area contributed by atoms with Gasteiger partial charge in [-0.25, -0.2) is 0 Å². The molecule has 0 rings (SSSR count). The molecule has 168 valence electrons. The number of unbranched alkanes of at least 4 members (excludes halogenated alkanes) is 15. The van der Waals surface area contributed by atoms with Gasteiger partial charge in [0, 0.05) is 5.41 Å². The number of rotatable bonds is 22. The fraction of sp³-hybridized carbons (Fsp3) is 0.962. The Balaban J connectivity index is 4.47. The van der Waals surface area contributed by atoms with Crippen molar-refractivity contribution >= 4 is 5.91 Å². The van der Waals surface area contributed by atoms with Gasteiger partial charge in [-0.05, 0) is 19.3 Å². The molecule has 0 spiro atoms. The molecule has 0 saturated carbocycles. The van der Waals surface area contributed by atoms with Crippen LogP contribution in [-0.4, -0.2) is 5.91 Å². The van der Waals surface area contributed by atoms with Gasteiger partial charge in [0.25, 0.3) is 0 Å². The first-order chi connectivity index (χ1) is 13.6. The molecule has 0 aromatic carbocycles. The van der Waals surface area contributed by atoms with Crippen molar-refractivity contribution in [2.24, 2.45) is 11.1 Å². The second kappa shape index (κ2) is 19.8. The summed E-state index contributed by atoms with van der Waals surface area (Å²) in [7, 11) is 0. The first kappa shape index (κ1) is 27.5. The molecule has 28 heavy (non-hydrogen) atoms. The van der Waals surface area contributed by atoms with Crippen molar-refractivity contribution in [1.82, 2.24) is 0 Å². The molecule has 0 saturated heterocycles. The zero-order valence-corrected chi connectivity index (χ0v) is 19.8. The van der Waals surface area contributed by atoms with Crippen molar-refractivity contribution in [2.45, 2.75) is 156 Å². The van der Waals surface area contributed by atoms with E-state index in [1.54, 1.807) is 0 Å². The SMILES string of the molecule is CCCCCCCCC(CCCCCCCC)(CCCCCCCC)C(N)=O. The Hall–Kier alpha value is -0.530. The van der Waals surface area contributed by atoms with Crippen LogP contribution in [0, 0.1) is 5.41 Å². The van der Waals surface area contributed by atoms with E-state index in [4.69, 9.17) is 5.73 Å². The highest BCUT2D eigenvalue weighted by atomic mass is 16.1. The van der Waals surface area contributed by atoms with E-state index in [0.717, 1.165) is 19.3 Å². The third-order valence-electron chi connectivity index (χ3n) is 6.55. The number of carbonyl (C=O) groups excluding carboxylic acids is 1. The van der Waals surface area contributed by atoms with Crippen LogP contribution < -0.4 is 5.73 Å². The maximum absolute atomic E-state index is 12.5. The van der Waals surface area contributed by atoms with Gasteiger partial charge < -0.3 is 5.73 Å². The summed E-state index contributed by atoms with van der Waals surface area (Å²) in [6.45, 7) is 6.79. The van der Waals surface area contributed by atoms with Gasteiger partial charge in [-0.3, -0.25) is 4.79 Å². The molecule has 1 amide bonds. The number of nitrogens with two attached hydrogens (primary N) is 1. The third-order valence-corrected chi connectivity index (χ3v) is 6.55. The lowest BCUT2D eigenvalue weighted by Gasteiger charge is -2.31. The van der Waals surface area contributed by atoms with Gasteiger partial charge in [-0.1, -0.05) is 136 Å². The molecule has 2 nitrogen and oxygen atoms in total. The van der Waals surface area contributed by atoms with E-state index in [0.29, 0.717) is 0 Å². The second-order valence-electron chi connectivity index (χ2n) is 9.20. The van der Waals surface area contributed by atoms with Gasteiger partial charge in [0.2, 0.25) is 5.91 Å². The van der Waals surface area contributed by atoms with Gasteiger partial charge >= 0.3 is 0 Å². The Morgan fingerprint density at radius 1 is 0.500 bits per heavy atom. The predicted molar refractivity (Wildman–Crippen MR) is 126 cm³/mol. The number of hydrogen-bond donors (Lipinski definition) is 1. The molecule has 0 fully saturated rings. The van der Waals surface area contributed by atoms with Crippen LogP contribution in [0.15, 0.2) is 0 Å². The number of primary amides is 1. The van der Waals surface area contributed by atoms with Crippen LogP contribution in [0.2, 0.25) is 0 Å². The minimum Gasteiger partial charge on any atom is -0.369 e. The number of amides is 1. The first-order valence-electron chi connectivity index (χ1n) is 12.9. The molecule has 0 bridgehead atoms. The Bertz CT molecular complexity index is 299. The highest BCUT2D eigenvalue weighted by molar-refractivity contribution is 5.80. The molecule has 0 aliphatic rings. The van der Waals surface area contributed by atoms with E-state index in [1.165, 1.54) is 116 Å². The Morgan fingerprint density at radius 2 is 0.750 bits per heavy atom. The van der Waals surface area contributed by atoms with Crippen molar-refractivity contribution < 1.29 is 4.79 Å². The minimum atomic E-state index is -0.222. The molecule has 0 heterocycles. The molecule has 0 radical (unpaired) electrons. The summed E-state index contributed by atoms with van der Waals surface area (Å²) in [4.78, 5) is 12.5. The van der Waals surface area contributed by atoms with E-state index in [1.807, 2.05) is 0 Å². The van der Waals surface area contributed by atoms with Gasteiger partial charge in [0.1, 0.15) is 0 Å². The van der Waals surface area contributed by atoms with E-state index in [9.17, 15) is 4.79 Å². The monoisotopic (exact) mass is 395 g/mol. The highest BCUT2D eigenvalue weighted by Crippen LogP contribution is 2.37. The predicted octanol–water partition coefficient (Wildman–Crippen LogP) is 8.71. The zero-order valence-electron chi connectivity index (χ0n) is 19.8. The summed E-state index contributed by atoms with van der Waals surface area (Å²) in [5.74, 6) is -0.0109. The summed E-state index contributed by atoms with van der Waals surface area (Å²) < 4.78 is 0. The van der Waals surface area contributed by atoms with E-state index >= 15 is 0 Å². The first-order valence-corrected chi connectivity index (χ1v) is 12.9. The molecule has 0 aromatic rings. The molecule has 0 unspecified atom stereocenters. The molecule has 2 heteroatoms. The van der Waals surface area contributed by atoms with Crippen molar-refractivity contribution in [3.8, 4) is 0 Å². The second-order valence-corrected chi connectivity index (χ2v) is 9.20. The van der Waals surface area contributed by atoms with Gasteiger partial charge in [0.05, 0.1) is 0 Å². The van der Waals surface area contributed by atoms with E-state index in [-0.39, 0.29) is 11.3 Å². The summed E-state index contributed by atoms with van der Waals surface area (Å²) in [5.41, 5.74) is 5.80. The van der Waals surface area contributed by atoms with Gasteiger partial charge in [-0.2, -0.15) is 0 Å². The van der Waals surface area contributed by atoms with Crippen molar-refractivity contribution in [1.29, 1.82) is 0 Å². The summed E-state index contributed by atoms with van der Waals surface area (Å²) >= 11 is 0. The lowest BCUT2D eigenvalue weighted by atomic mass is 9.73.